The van der Waals surface area contributed by atoms with Crippen molar-refractivity contribution in [3.8, 4) is 16.3 Å². The van der Waals surface area contributed by atoms with Gasteiger partial charge in [0, 0.05) is 23.9 Å². The van der Waals surface area contributed by atoms with Gasteiger partial charge in [0.2, 0.25) is 0 Å². The van der Waals surface area contributed by atoms with E-state index >= 15 is 0 Å². The smallest absolute Gasteiger partial charge is 0.121 e. The highest BCUT2D eigenvalue weighted by Gasteiger charge is 2.08. The minimum absolute atomic E-state index is 0.570. The topological polar surface area (TPSA) is 49.9 Å². The summed E-state index contributed by atoms with van der Waals surface area (Å²) >= 11 is 1.71. The summed E-state index contributed by atoms with van der Waals surface area (Å²) in [5.74, 6) is 1.48. The molecule has 4 nitrogen and oxygen atoms in total. The minimum Gasteiger partial charge on any atom is -0.493 e. The van der Waals surface area contributed by atoms with Crippen LogP contribution in [0.5, 0.6) is 5.75 Å². The number of benzene rings is 1. The van der Waals surface area contributed by atoms with Gasteiger partial charge in [-0.3, -0.25) is 5.10 Å². The molecule has 0 saturated heterocycles. The van der Waals surface area contributed by atoms with E-state index in [4.69, 9.17) is 4.74 Å². The third-order valence-electron chi connectivity index (χ3n) is 4.03. The molecule has 2 N–H and O–H groups in total. The lowest BCUT2D eigenvalue weighted by Gasteiger charge is -2.12. The van der Waals surface area contributed by atoms with E-state index in [1.165, 1.54) is 4.88 Å². The second-order valence-electron chi connectivity index (χ2n) is 5.95. The summed E-state index contributed by atoms with van der Waals surface area (Å²) in [5, 5.41) is 12.8. The fourth-order valence-corrected chi connectivity index (χ4v) is 3.08. The number of aromatic nitrogens is 2. The summed E-state index contributed by atoms with van der Waals surface area (Å²) in [6.07, 6.45) is 3.01. The highest BCUT2D eigenvalue weighted by molar-refractivity contribution is 7.13. The monoisotopic (exact) mass is 341 g/mol. The third kappa shape index (κ3) is 4.17. The van der Waals surface area contributed by atoms with Gasteiger partial charge < -0.3 is 10.1 Å². The van der Waals surface area contributed by atoms with Crippen LogP contribution in [0, 0.1) is 5.92 Å². The molecule has 2 heterocycles. The van der Waals surface area contributed by atoms with Gasteiger partial charge >= 0.3 is 0 Å². The van der Waals surface area contributed by atoms with Gasteiger partial charge in [-0.15, -0.1) is 11.3 Å². The van der Waals surface area contributed by atoms with Crippen molar-refractivity contribution in [2.24, 2.45) is 5.92 Å². The average Bonchev–Trinajstić information content (AvgIpc) is 3.29. The normalized spacial score (nSPS) is 12.1. The molecule has 0 bridgehead atoms. The molecule has 3 aromatic rings. The number of nitrogens with zero attached hydrogens (tertiary/aromatic N) is 1. The molecule has 0 aliphatic rings. The molecule has 0 amide bonds. The molecule has 0 spiro atoms. The van der Waals surface area contributed by atoms with Crippen molar-refractivity contribution in [1.29, 1.82) is 0 Å². The van der Waals surface area contributed by atoms with E-state index in [0.717, 1.165) is 42.3 Å². The zero-order valence-electron chi connectivity index (χ0n) is 14.1. The van der Waals surface area contributed by atoms with Gasteiger partial charge in [-0.2, -0.15) is 5.10 Å². The highest BCUT2D eigenvalue weighted by Crippen LogP contribution is 2.26. The van der Waals surface area contributed by atoms with Gasteiger partial charge in [-0.25, -0.2) is 0 Å². The number of rotatable bonds is 8. The molecule has 1 unspecified atom stereocenters. The molecular weight excluding hydrogens is 318 g/mol. The Labute approximate surface area is 146 Å². The van der Waals surface area contributed by atoms with Gasteiger partial charge in [0.25, 0.3) is 0 Å². The van der Waals surface area contributed by atoms with Crippen LogP contribution < -0.4 is 10.1 Å². The molecule has 5 heteroatoms. The predicted octanol–water partition coefficient (Wildman–Crippen LogP) is 5.18. The lowest BCUT2D eigenvalue weighted by molar-refractivity contribution is 0.256. The molecule has 0 fully saturated rings. The molecule has 1 aromatic carbocycles. The standard InChI is InChI=1S/C19H23N3OS/c1-3-14(2)13-23-17-7-4-6-16(10-17)20-11-15-12-21-22-19(15)18-8-5-9-24-18/h4-10,12,14,20H,3,11,13H2,1-2H3,(H,21,22). The van der Waals surface area contributed by atoms with Gasteiger partial charge in [0.15, 0.2) is 0 Å². The number of hydrogen-bond acceptors (Lipinski definition) is 4. The molecule has 24 heavy (non-hydrogen) atoms. The maximum absolute atomic E-state index is 5.86. The molecule has 0 saturated carbocycles. The van der Waals surface area contributed by atoms with E-state index in [-0.39, 0.29) is 0 Å². The van der Waals surface area contributed by atoms with Crippen LogP contribution in [0.2, 0.25) is 0 Å². The van der Waals surface area contributed by atoms with Gasteiger partial charge in [-0.05, 0) is 29.5 Å². The highest BCUT2D eigenvalue weighted by atomic mass is 32.1. The summed E-state index contributed by atoms with van der Waals surface area (Å²) in [5.41, 5.74) is 3.29. The molecule has 0 aliphatic carbocycles. The number of aromatic amines is 1. The fraction of sp³-hybridized carbons (Fsp3) is 0.316. The Morgan fingerprint density at radius 1 is 1.29 bits per heavy atom. The van der Waals surface area contributed by atoms with Crippen molar-refractivity contribution < 1.29 is 4.74 Å². The summed E-state index contributed by atoms with van der Waals surface area (Å²) in [4.78, 5) is 1.20. The van der Waals surface area contributed by atoms with E-state index in [0.29, 0.717) is 5.92 Å². The first-order valence-electron chi connectivity index (χ1n) is 8.29. The molecular formula is C19H23N3OS. The lowest BCUT2D eigenvalue weighted by Crippen LogP contribution is -2.07. The third-order valence-corrected chi connectivity index (χ3v) is 4.92. The quantitative estimate of drug-likeness (QED) is 0.594. The fourth-order valence-electron chi connectivity index (χ4n) is 2.33. The van der Waals surface area contributed by atoms with Crippen molar-refractivity contribution in [1.82, 2.24) is 10.2 Å². The van der Waals surface area contributed by atoms with E-state index < -0.39 is 0 Å². The van der Waals surface area contributed by atoms with Crippen LogP contribution in [0.4, 0.5) is 5.69 Å². The van der Waals surface area contributed by atoms with Gasteiger partial charge in [-0.1, -0.05) is 32.4 Å². The Bertz CT molecular complexity index is 752. The van der Waals surface area contributed by atoms with Crippen LogP contribution in [0.1, 0.15) is 25.8 Å². The number of hydrogen-bond donors (Lipinski definition) is 2. The molecule has 2 aromatic heterocycles. The van der Waals surface area contributed by atoms with Crippen LogP contribution in [0.15, 0.2) is 48.0 Å². The molecule has 0 aliphatic heterocycles. The number of anilines is 1. The first-order chi connectivity index (χ1) is 11.8. The minimum atomic E-state index is 0.570. The Morgan fingerprint density at radius 3 is 3.00 bits per heavy atom. The molecule has 126 valence electrons. The SMILES string of the molecule is CCC(C)COc1cccc(NCc2cn[nH]c2-c2cccs2)c1. The van der Waals surface area contributed by atoms with Gasteiger partial charge in [0.1, 0.15) is 5.75 Å². The molecule has 0 radical (unpaired) electrons. The summed E-state index contributed by atoms with van der Waals surface area (Å²) in [6.45, 7) is 5.86. The Morgan fingerprint density at radius 2 is 2.21 bits per heavy atom. The number of thiophene rings is 1. The van der Waals surface area contributed by atoms with E-state index in [2.05, 4.69) is 52.9 Å². The Balaban J connectivity index is 1.62. The van der Waals surface area contributed by atoms with Crippen LogP contribution in [0.3, 0.4) is 0 Å². The largest absolute Gasteiger partial charge is 0.493 e. The van der Waals surface area contributed by atoms with Crippen molar-refractivity contribution in [3.63, 3.8) is 0 Å². The zero-order chi connectivity index (χ0) is 16.8. The number of ether oxygens (including phenoxy) is 1. The second kappa shape index (κ2) is 8.02. The number of nitrogens with one attached hydrogen (secondary N) is 2. The van der Waals surface area contributed by atoms with Crippen molar-refractivity contribution >= 4 is 17.0 Å². The Hall–Kier alpha value is -2.27. The van der Waals surface area contributed by atoms with Crippen LogP contribution in [-0.2, 0) is 6.54 Å². The first-order valence-corrected chi connectivity index (χ1v) is 9.17. The summed E-state index contributed by atoms with van der Waals surface area (Å²) < 4.78 is 5.86. The zero-order valence-corrected chi connectivity index (χ0v) is 14.9. The van der Waals surface area contributed by atoms with E-state index in [1.807, 2.05) is 24.4 Å². The van der Waals surface area contributed by atoms with Crippen molar-refractivity contribution in [2.75, 3.05) is 11.9 Å². The lowest BCUT2D eigenvalue weighted by atomic mass is 10.1. The summed E-state index contributed by atoms with van der Waals surface area (Å²) in [6, 6.07) is 12.3. The van der Waals surface area contributed by atoms with Crippen molar-refractivity contribution in [2.45, 2.75) is 26.8 Å². The van der Waals surface area contributed by atoms with E-state index in [9.17, 15) is 0 Å². The average molecular weight is 341 g/mol. The first kappa shape index (κ1) is 16.6. The Kier molecular flexibility index (Phi) is 5.54. The van der Waals surface area contributed by atoms with Crippen LogP contribution in [0.25, 0.3) is 10.6 Å². The predicted molar refractivity (Wildman–Crippen MR) is 101 cm³/mol. The second-order valence-corrected chi connectivity index (χ2v) is 6.90. The van der Waals surface area contributed by atoms with Crippen LogP contribution in [-0.4, -0.2) is 16.8 Å². The van der Waals surface area contributed by atoms with Gasteiger partial charge in [0.05, 0.1) is 23.4 Å². The summed E-state index contributed by atoms with van der Waals surface area (Å²) in [7, 11) is 0. The van der Waals surface area contributed by atoms with Crippen molar-refractivity contribution in [3.05, 3.63) is 53.5 Å². The molecule has 3 rings (SSSR count). The maximum Gasteiger partial charge on any atom is 0.121 e. The maximum atomic E-state index is 5.86. The molecule has 1 atom stereocenters. The number of H-pyrrole nitrogens is 1. The van der Waals surface area contributed by atoms with E-state index in [1.54, 1.807) is 11.3 Å². The van der Waals surface area contributed by atoms with Crippen LogP contribution >= 0.6 is 11.3 Å².